The van der Waals surface area contributed by atoms with E-state index in [2.05, 4.69) is 0 Å². The van der Waals surface area contributed by atoms with Gasteiger partial charge in [0.25, 0.3) is 0 Å². The lowest BCUT2D eigenvalue weighted by atomic mass is 9.99. The van der Waals surface area contributed by atoms with Crippen LogP contribution in [0.5, 0.6) is 0 Å². The first-order valence-electron chi connectivity index (χ1n) is 4.90. The van der Waals surface area contributed by atoms with E-state index in [0.717, 1.165) is 6.07 Å². The van der Waals surface area contributed by atoms with Crippen LogP contribution in [0.2, 0.25) is 0 Å². The molecule has 0 amide bonds. The van der Waals surface area contributed by atoms with Crippen molar-refractivity contribution in [2.45, 2.75) is 12.2 Å². The fraction of sp³-hybridized carbons (Fsp3) is 0.167. The number of alkyl halides is 3. The molecule has 0 aliphatic carbocycles. The van der Waals surface area contributed by atoms with Gasteiger partial charge in [0.05, 0.1) is 0 Å². The Kier molecular flexibility index (Phi) is 2.79. The lowest BCUT2D eigenvalue weighted by Gasteiger charge is -2.17. The van der Waals surface area contributed by atoms with Gasteiger partial charge in [-0.25, -0.2) is 4.39 Å². The van der Waals surface area contributed by atoms with E-state index in [-0.39, 0.29) is 10.9 Å². The second kappa shape index (κ2) is 4.00. The first-order valence-corrected chi connectivity index (χ1v) is 4.90. The summed E-state index contributed by atoms with van der Waals surface area (Å²) in [6, 6.07) is 5.94. The van der Waals surface area contributed by atoms with Gasteiger partial charge in [-0.2, -0.15) is 13.2 Å². The van der Waals surface area contributed by atoms with Crippen LogP contribution in [0.4, 0.5) is 17.6 Å². The highest BCUT2D eigenvalue weighted by Crippen LogP contribution is 2.34. The molecule has 0 aliphatic heterocycles. The minimum Gasteiger partial charge on any atom is -0.316 e. The first-order chi connectivity index (χ1) is 7.89. The Bertz CT molecular complexity index is 548. The van der Waals surface area contributed by atoms with Gasteiger partial charge in [0, 0.05) is 0 Å². The lowest BCUT2D eigenvalue weighted by molar-refractivity contribution is -0.148. The number of rotatable bonds is 1. The predicted octanol–water partition coefficient (Wildman–Crippen LogP) is 3.54. The fourth-order valence-corrected chi connectivity index (χ4v) is 1.72. The van der Waals surface area contributed by atoms with E-state index >= 15 is 0 Å². The zero-order valence-electron chi connectivity index (χ0n) is 8.63. The Morgan fingerprint density at radius 2 is 1.76 bits per heavy atom. The maximum Gasteiger partial charge on any atom is 0.407 e. The maximum absolute atomic E-state index is 13.1. The third-order valence-corrected chi connectivity index (χ3v) is 2.57. The predicted molar refractivity (Wildman–Crippen MR) is 56.9 cm³/mol. The summed E-state index contributed by atoms with van der Waals surface area (Å²) in [5.74, 6) is -0.584. The van der Waals surface area contributed by atoms with Crippen LogP contribution in [0.3, 0.4) is 0 Å². The summed E-state index contributed by atoms with van der Waals surface area (Å²) in [5.41, 5.74) is 5.02. The van der Waals surface area contributed by atoms with Crippen LogP contribution >= 0.6 is 0 Å². The summed E-state index contributed by atoms with van der Waals surface area (Å²) in [7, 11) is 0. The Balaban J connectivity index is 2.65. The molecular weight excluding hydrogens is 234 g/mol. The number of benzene rings is 2. The van der Waals surface area contributed by atoms with Gasteiger partial charge >= 0.3 is 6.18 Å². The standard InChI is InChI=1S/C12H9F4N/c13-8-5-4-7-2-1-3-9(10(7)6-8)11(17)12(14,15)16/h1-6,11H,17H2/t11-/m0/s1. The Hall–Kier alpha value is -1.62. The van der Waals surface area contributed by atoms with Crippen LogP contribution in [0.25, 0.3) is 10.8 Å². The molecule has 0 unspecified atom stereocenters. The van der Waals surface area contributed by atoms with Gasteiger partial charge in [0.1, 0.15) is 11.9 Å². The highest BCUT2D eigenvalue weighted by Gasteiger charge is 2.38. The quantitative estimate of drug-likeness (QED) is 0.761. The molecule has 0 aliphatic rings. The summed E-state index contributed by atoms with van der Waals surface area (Å²) in [5, 5.41) is 0.723. The minimum absolute atomic E-state index is 0.116. The molecule has 2 aromatic rings. The van der Waals surface area contributed by atoms with Gasteiger partial charge in [-0.15, -0.1) is 0 Å². The van der Waals surface area contributed by atoms with E-state index in [4.69, 9.17) is 5.73 Å². The van der Waals surface area contributed by atoms with Crippen LogP contribution in [0.1, 0.15) is 11.6 Å². The Morgan fingerprint density at radius 3 is 2.41 bits per heavy atom. The molecule has 90 valence electrons. The van der Waals surface area contributed by atoms with Crippen LogP contribution in [0, 0.1) is 5.82 Å². The zero-order valence-corrected chi connectivity index (χ0v) is 8.63. The minimum atomic E-state index is -4.54. The second-order valence-electron chi connectivity index (χ2n) is 3.73. The Labute approximate surface area is 94.8 Å². The van der Waals surface area contributed by atoms with Crippen molar-refractivity contribution < 1.29 is 17.6 Å². The zero-order chi connectivity index (χ0) is 12.6. The molecule has 2 N–H and O–H groups in total. The van der Waals surface area contributed by atoms with Gasteiger partial charge in [-0.3, -0.25) is 0 Å². The van der Waals surface area contributed by atoms with Crippen LogP contribution in [-0.2, 0) is 0 Å². The summed E-state index contributed by atoms with van der Waals surface area (Å²) >= 11 is 0. The van der Waals surface area contributed by atoms with Crippen molar-refractivity contribution in [3.05, 3.63) is 47.8 Å². The van der Waals surface area contributed by atoms with Crippen molar-refractivity contribution in [2.75, 3.05) is 0 Å². The van der Waals surface area contributed by atoms with Gasteiger partial charge in [0.2, 0.25) is 0 Å². The maximum atomic E-state index is 13.1. The van der Waals surface area contributed by atoms with E-state index in [0.29, 0.717) is 5.39 Å². The summed E-state index contributed by atoms with van der Waals surface area (Å²) < 4.78 is 50.7. The van der Waals surface area contributed by atoms with Gasteiger partial charge in [-0.1, -0.05) is 24.3 Å². The molecule has 0 bridgehead atoms. The third-order valence-electron chi connectivity index (χ3n) is 2.57. The van der Waals surface area contributed by atoms with E-state index in [9.17, 15) is 17.6 Å². The lowest BCUT2D eigenvalue weighted by Crippen LogP contribution is -2.28. The number of halogens is 4. The van der Waals surface area contributed by atoms with Crippen LogP contribution in [0.15, 0.2) is 36.4 Å². The van der Waals surface area contributed by atoms with Crippen LogP contribution in [-0.4, -0.2) is 6.18 Å². The molecule has 0 fully saturated rings. The molecule has 2 rings (SSSR count). The third kappa shape index (κ3) is 2.24. The average Bonchev–Trinajstić information content (AvgIpc) is 2.26. The molecule has 1 atom stereocenters. The highest BCUT2D eigenvalue weighted by atomic mass is 19.4. The smallest absolute Gasteiger partial charge is 0.316 e. The fourth-order valence-electron chi connectivity index (χ4n) is 1.72. The summed E-state index contributed by atoms with van der Waals surface area (Å²) in [6.45, 7) is 0. The van der Waals surface area contributed by atoms with Crippen molar-refractivity contribution in [3.8, 4) is 0 Å². The molecule has 0 saturated carbocycles. The highest BCUT2D eigenvalue weighted by molar-refractivity contribution is 5.86. The van der Waals surface area contributed by atoms with Crippen molar-refractivity contribution in [2.24, 2.45) is 5.73 Å². The molecule has 1 nitrogen and oxygen atoms in total. The average molecular weight is 243 g/mol. The van der Waals surface area contributed by atoms with Crippen molar-refractivity contribution in [1.82, 2.24) is 0 Å². The van der Waals surface area contributed by atoms with Crippen LogP contribution < -0.4 is 5.73 Å². The topological polar surface area (TPSA) is 26.0 Å². The van der Waals surface area contributed by atoms with E-state index < -0.39 is 18.0 Å². The number of fused-ring (bicyclic) bond motifs is 1. The molecule has 5 heteroatoms. The van der Waals surface area contributed by atoms with E-state index in [1.165, 1.54) is 24.3 Å². The van der Waals surface area contributed by atoms with Crippen molar-refractivity contribution >= 4 is 10.8 Å². The van der Waals surface area contributed by atoms with Gasteiger partial charge in [0.15, 0.2) is 0 Å². The van der Waals surface area contributed by atoms with E-state index in [1.807, 2.05) is 0 Å². The number of hydrogen-bond acceptors (Lipinski definition) is 1. The molecule has 2 aromatic carbocycles. The Morgan fingerprint density at radius 1 is 1.06 bits per heavy atom. The molecule has 0 aromatic heterocycles. The van der Waals surface area contributed by atoms with Crippen molar-refractivity contribution in [3.63, 3.8) is 0 Å². The second-order valence-corrected chi connectivity index (χ2v) is 3.73. The molecule has 17 heavy (non-hydrogen) atoms. The molecule has 0 saturated heterocycles. The number of nitrogens with two attached hydrogens (primary N) is 1. The largest absolute Gasteiger partial charge is 0.407 e. The molecule has 0 radical (unpaired) electrons. The van der Waals surface area contributed by atoms with E-state index in [1.54, 1.807) is 6.07 Å². The van der Waals surface area contributed by atoms with Crippen molar-refractivity contribution in [1.29, 1.82) is 0 Å². The normalized spacial score (nSPS) is 13.9. The molecular formula is C12H9F4N. The number of hydrogen-bond donors (Lipinski definition) is 1. The summed E-state index contributed by atoms with van der Waals surface area (Å²) in [6.07, 6.45) is -4.54. The summed E-state index contributed by atoms with van der Waals surface area (Å²) in [4.78, 5) is 0. The van der Waals surface area contributed by atoms with Gasteiger partial charge in [-0.05, 0) is 28.5 Å². The SMILES string of the molecule is N[C@@H](c1cccc2ccc(F)cc12)C(F)(F)F. The first kappa shape index (κ1) is 11.9. The molecule has 0 spiro atoms. The monoisotopic (exact) mass is 243 g/mol. The van der Waals surface area contributed by atoms with Gasteiger partial charge < -0.3 is 5.73 Å². The molecule has 0 heterocycles.